The van der Waals surface area contributed by atoms with Gasteiger partial charge in [0, 0.05) is 22.8 Å². The van der Waals surface area contributed by atoms with E-state index in [2.05, 4.69) is 15.5 Å². The molecular formula is C19H18N4O6S. The number of sulfone groups is 1. The number of aromatic nitrogens is 2. The summed E-state index contributed by atoms with van der Waals surface area (Å²) < 4.78 is 30.1. The Bertz CT molecular complexity index is 1230. The maximum atomic E-state index is 12.5. The molecular weight excluding hydrogens is 412 g/mol. The molecule has 156 valence electrons. The second-order valence-corrected chi connectivity index (χ2v) is 9.20. The molecule has 0 fully saturated rings. The second-order valence-electron chi connectivity index (χ2n) is 6.69. The van der Waals surface area contributed by atoms with Gasteiger partial charge >= 0.3 is 6.01 Å². The van der Waals surface area contributed by atoms with E-state index in [1.807, 2.05) is 0 Å². The van der Waals surface area contributed by atoms with Crippen molar-refractivity contribution in [2.45, 2.75) is 30.9 Å². The fourth-order valence-corrected chi connectivity index (χ4v) is 3.80. The highest BCUT2D eigenvalue weighted by Crippen LogP contribution is 2.26. The molecule has 0 aliphatic rings. The lowest BCUT2D eigenvalue weighted by molar-refractivity contribution is -0.385. The number of hydrogen-bond acceptors (Lipinski definition) is 8. The van der Waals surface area contributed by atoms with Crippen molar-refractivity contribution >= 4 is 27.4 Å². The van der Waals surface area contributed by atoms with Crippen molar-refractivity contribution < 1.29 is 22.6 Å². The average molecular weight is 430 g/mol. The first-order valence-corrected chi connectivity index (χ1v) is 10.4. The molecule has 3 aromatic rings. The monoisotopic (exact) mass is 430 g/mol. The molecule has 0 atom stereocenters. The van der Waals surface area contributed by atoms with Gasteiger partial charge in [-0.05, 0) is 45.0 Å². The van der Waals surface area contributed by atoms with Crippen LogP contribution in [0, 0.1) is 17.0 Å². The van der Waals surface area contributed by atoms with Crippen molar-refractivity contribution in [1.82, 2.24) is 10.2 Å². The minimum absolute atomic E-state index is 0.0156. The molecule has 2 aromatic carbocycles. The van der Waals surface area contributed by atoms with Crippen molar-refractivity contribution in [2.24, 2.45) is 0 Å². The Balaban J connectivity index is 1.86. The number of nitro groups is 1. The molecule has 0 saturated carbocycles. The van der Waals surface area contributed by atoms with Crippen LogP contribution < -0.4 is 5.32 Å². The number of carbonyl (C=O) groups excluding carboxylic acids is 1. The van der Waals surface area contributed by atoms with E-state index in [1.54, 1.807) is 26.0 Å². The molecule has 0 radical (unpaired) electrons. The van der Waals surface area contributed by atoms with Crippen LogP contribution in [0.5, 0.6) is 0 Å². The molecule has 0 aliphatic heterocycles. The molecule has 30 heavy (non-hydrogen) atoms. The molecule has 1 amide bonds. The number of nitrogens with zero attached hydrogens (tertiary/aromatic N) is 3. The van der Waals surface area contributed by atoms with Crippen molar-refractivity contribution in [1.29, 1.82) is 0 Å². The van der Waals surface area contributed by atoms with E-state index < -0.39 is 25.9 Å². The summed E-state index contributed by atoms with van der Waals surface area (Å²) in [6, 6.07) is 9.97. The van der Waals surface area contributed by atoms with E-state index in [1.165, 1.54) is 37.3 Å². The zero-order chi connectivity index (χ0) is 22.1. The molecule has 0 bridgehead atoms. The number of carbonyl (C=O) groups is 1. The van der Waals surface area contributed by atoms with Crippen molar-refractivity contribution in [3.05, 3.63) is 63.7 Å². The molecule has 0 aliphatic carbocycles. The summed E-state index contributed by atoms with van der Waals surface area (Å²) in [5.41, 5.74) is 0.480. The van der Waals surface area contributed by atoms with Crippen LogP contribution in [0.15, 0.2) is 51.8 Å². The van der Waals surface area contributed by atoms with Gasteiger partial charge in [0.05, 0.1) is 15.1 Å². The molecule has 0 spiro atoms. The SMILES string of the molecule is Cc1c(C(=O)Nc2nnc(-c3cccc(S(=O)(=O)C(C)C)c3)o2)cccc1[N+](=O)[O-]. The van der Waals surface area contributed by atoms with E-state index >= 15 is 0 Å². The first-order chi connectivity index (χ1) is 14.1. The summed E-state index contributed by atoms with van der Waals surface area (Å²) in [5, 5.41) is 20.4. The average Bonchev–Trinajstić information content (AvgIpc) is 3.16. The predicted molar refractivity (Wildman–Crippen MR) is 108 cm³/mol. The van der Waals surface area contributed by atoms with E-state index in [-0.39, 0.29) is 33.6 Å². The summed E-state index contributed by atoms with van der Waals surface area (Å²) in [6.07, 6.45) is 0. The fraction of sp³-hybridized carbons (Fsp3) is 0.211. The number of nitrogens with one attached hydrogen (secondary N) is 1. The van der Waals surface area contributed by atoms with Gasteiger partial charge in [-0.15, -0.1) is 5.10 Å². The Hall–Kier alpha value is -3.60. The van der Waals surface area contributed by atoms with Crippen LogP contribution in [-0.4, -0.2) is 34.7 Å². The number of benzene rings is 2. The highest BCUT2D eigenvalue weighted by Gasteiger charge is 2.22. The van der Waals surface area contributed by atoms with Crippen LogP contribution >= 0.6 is 0 Å². The standard InChI is InChI=1S/C19H18N4O6S/c1-11(2)30(27,28)14-7-4-6-13(10-14)18-21-22-19(29-18)20-17(24)15-8-5-9-16(12(15)3)23(25)26/h4-11H,1-3H3,(H,20,22,24). The molecule has 0 unspecified atom stereocenters. The Morgan fingerprint density at radius 3 is 2.53 bits per heavy atom. The molecule has 3 rings (SSSR count). The van der Waals surface area contributed by atoms with Crippen LogP contribution in [0.4, 0.5) is 11.7 Å². The number of hydrogen-bond donors (Lipinski definition) is 1. The van der Waals surface area contributed by atoms with Crippen LogP contribution in [-0.2, 0) is 9.84 Å². The quantitative estimate of drug-likeness (QED) is 0.462. The minimum atomic E-state index is -3.49. The van der Waals surface area contributed by atoms with Gasteiger partial charge in [-0.2, -0.15) is 0 Å². The van der Waals surface area contributed by atoms with E-state index in [0.29, 0.717) is 5.56 Å². The van der Waals surface area contributed by atoms with Crippen LogP contribution in [0.1, 0.15) is 29.8 Å². The lowest BCUT2D eigenvalue weighted by atomic mass is 10.1. The molecule has 11 heteroatoms. The minimum Gasteiger partial charge on any atom is -0.403 e. The molecule has 10 nitrogen and oxygen atoms in total. The topological polar surface area (TPSA) is 145 Å². The number of rotatable bonds is 6. The first kappa shape index (κ1) is 21.1. The predicted octanol–water partition coefficient (Wildman–Crippen LogP) is 3.39. The van der Waals surface area contributed by atoms with E-state index in [0.717, 1.165) is 0 Å². The third-order valence-electron chi connectivity index (χ3n) is 4.42. The van der Waals surface area contributed by atoms with Gasteiger partial charge in [0.15, 0.2) is 9.84 Å². The van der Waals surface area contributed by atoms with Gasteiger partial charge in [-0.25, -0.2) is 8.42 Å². The molecule has 1 N–H and O–H groups in total. The number of anilines is 1. The van der Waals surface area contributed by atoms with Crippen LogP contribution in [0.2, 0.25) is 0 Å². The summed E-state index contributed by atoms with van der Waals surface area (Å²) in [7, 11) is -3.49. The van der Waals surface area contributed by atoms with Gasteiger partial charge in [0.1, 0.15) is 0 Å². The van der Waals surface area contributed by atoms with Crippen molar-refractivity contribution in [3.63, 3.8) is 0 Å². The maximum absolute atomic E-state index is 12.5. The van der Waals surface area contributed by atoms with Gasteiger partial charge in [0.2, 0.25) is 5.89 Å². The largest absolute Gasteiger partial charge is 0.403 e. The lowest BCUT2D eigenvalue weighted by Crippen LogP contribution is -2.14. The fourth-order valence-electron chi connectivity index (χ4n) is 2.70. The summed E-state index contributed by atoms with van der Waals surface area (Å²) in [5.74, 6) is -0.635. The molecule has 0 saturated heterocycles. The third-order valence-corrected chi connectivity index (χ3v) is 6.57. The third kappa shape index (κ3) is 4.06. The van der Waals surface area contributed by atoms with E-state index in [4.69, 9.17) is 4.42 Å². The Kier molecular flexibility index (Phi) is 5.65. The summed E-state index contributed by atoms with van der Waals surface area (Å²) in [6.45, 7) is 4.63. The molecule has 1 aromatic heterocycles. The smallest absolute Gasteiger partial charge is 0.322 e. The zero-order valence-corrected chi connectivity index (χ0v) is 17.1. The first-order valence-electron chi connectivity index (χ1n) is 8.84. The van der Waals surface area contributed by atoms with Crippen molar-refractivity contribution in [2.75, 3.05) is 5.32 Å². The molecule has 1 heterocycles. The Morgan fingerprint density at radius 1 is 1.17 bits per heavy atom. The van der Waals surface area contributed by atoms with Gasteiger partial charge < -0.3 is 4.42 Å². The van der Waals surface area contributed by atoms with Gasteiger partial charge in [-0.3, -0.25) is 20.2 Å². The van der Waals surface area contributed by atoms with Crippen molar-refractivity contribution in [3.8, 4) is 11.5 Å². The van der Waals surface area contributed by atoms with Crippen LogP contribution in [0.3, 0.4) is 0 Å². The normalized spacial score (nSPS) is 11.5. The maximum Gasteiger partial charge on any atom is 0.322 e. The van der Waals surface area contributed by atoms with Gasteiger partial charge in [-0.1, -0.05) is 17.2 Å². The van der Waals surface area contributed by atoms with Gasteiger partial charge in [0.25, 0.3) is 11.6 Å². The Labute approximate surface area is 172 Å². The number of amides is 1. The zero-order valence-electron chi connectivity index (χ0n) is 16.3. The number of nitro benzene ring substituents is 1. The van der Waals surface area contributed by atoms with E-state index in [9.17, 15) is 23.3 Å². The summed E-state index contributed by atoms with van der Waals surface area (Å²) >= 11 is 0. The second kappa shape index (κ2) is 8.03. The highest BCUT2D eigenvalue weighted by atomic mass is 32.2. The highest BCUT2D eigenvalue weighted by molar-refractivity contribution is 7.92. The summed E-state index contributed by atoms with van der Waals surface area (Å²) in [4.78, 5) is 23.1. The Morgan fingerprint density at radius 2 is 1.87 bits per heavy atom. The lowest BCUT2D eigenvalue weighted by Gasteiger charge is -2.08. The van der Waals surface area contributed by atoms with Crippen LogP contribution in [0.25, 0.3) is 11.5 Å².